The van der Waals surface area contributed by atoms with Crippen molar-refractivity contribution >= 4 is 61.8 Å². The Balaban J connectivity index is 1.79. The number of hydrogen-bond donors (Lipinski definition) is 1. The summed E-state index contributed by atoms with van der Waals surface area (Å²) in [4.78, 5) is 39.4. The molecule has 3 heterocycles. The van der Waals surface area contributed by atoms with Crippen LogP contribution >= 0.6 is 39.0 Å². The largest absolute Gasteiger partial charge is 0.465 e. The molecule has 13 heteroatoms. The molecule has 0 unspecified atom stereocenters. The number of aromatic nitrogens is 3. The number of nitrogens with zero attached hydrogens (tertiary/aromatic N) is 4. The molecule has 0 aliphatic heterocycles. The third-order valence-electron chi connectivity index (χ3n) is 4.68. The maximum absolute atomic E-state index is 12.8. The van der Waals surface area contributed by atoms with Crippen LogP contribution < -0.4 is 5.32 Å². The Bertz CT molecular complexity index is 1220. The molecule has 0 aliphatic carbocycles. The highest BCUT2D eigenvalue weighted by Gasteiger charge is 2.27. The highest BCUT2D eigenvalue weighted by Crippen LogP contribution is 2.35. The van der Waals surface area contributed by atoms with Gasteiger partial charge in [0.25, 0.3) is 5.91 Å². The zero-order chi connectivity index (χ0) is 25.0. The maximum Gasteiger partial charge on any atom is 0.341 e. The zero-order valence-corrected chi connectivity index (χ0v) is 22.5. The van der Waals surface area contributed by atoms with E-state index in [4.69, 9.17) is 9.15 Å². The number of hydrogen-bond acceptors (Lipinski definition) is 9. The van der Waals surface area contributed by atoms with Crippen LogP contribution in [0.3, 0.4) is 0 Å². The predicted molar refractivity (Wildman–Crippen MR) is 133 cm³/mol. The molecular formula is C21H24BrN5O5S2. The molecule has 0 aliphatic rings. The average Bonchev–Trinajstić information content (AvgIpc) is 3.49. The Labute approximate surface area is 213 Å². The summed E-state index contributed by atoms with van der Waals surface area (Å²) in [6.07, 6.45) is 0.840. The van der Waals surface area contributed by atoms with Crippen molar-refractivity contribution < 1.29 is 23.5 Å². The molecule has 0 bridgehead atoms. The SMILES string of the molecule is CCCn1c(SCC(=O)Nc2sc(C(=O)N(C)C)c(C)c2C(=O)OC)nnc1-c1ccc(Br)o1. The van der Waals surface area contributed by atoms with E-state index in [1.54, 1.807) is 33.2 Å². The van der Waals surface area contributed by atoms with Gasteiger partial charge in [0, 0.05) is 20.6 Å². The van der Waals surface area contributed by atoms with Crippen molar-refractivity contribution in [3.63, 3.8) is 0 Å². The van der Waals surface area contributed by atoms with Gasteiger partial charge in [0.2, 0.25) is 11.7 Å². The van der Waals surface area contributed by atoms with Crippen LogP contribution in [0.2, 0.25) is 0 Å². The summed E-state index contributed by atoms with van der Waals surface area (Å²) in [7, 11) is 4.50. The van der Waals surface area contributed by atoms with Gasteiger partial charge in [0.15, 0.2) is 15.6 Å². The monoisotopic (exact) mass is 569 g/mol. The van der Waals surface area contributed by atoms with E-state index in [1.807, 2.05) is 11.5 Å². The van der Waals surface area contributed by atoms with Crippen molar-refractivity contribution in [2.24, 2.45) is 0 Å². The van der Waals surface area contributed by atoms with Crippen LogP contribution in [-0.4, -0.2) is 64.4 Å². The second kappa shape index (κ2) is 11.2. The fraction of sp³-hybridized carbons (Fsp3) is 0.381. The van der Waals surface area contributed by atoms with Gasteiger partial charge in [-0.3, -0.25) is 14.2 Å². The Morgan fingerprint density at radius 3 is 2.62 bits per heavy atom. The molecule has 3 rings (SSSR count). The number of anilines is 1. The molecule has 3 aromatic heterocycles. The van der Waals surface area contributed by atoms with Crippen LogP contribution in [0.5, 0.6) is 0 Å². The van der Waals surface area contributed by atoms with Crippen molar-refractivity contribution in [1.82, 2.24) is 19.7 Å². The molecule has 0 spiro atoms. The first-order valence-electron chi connectivity index (χ1n) is 10.2. The van der Waals surface area contributed by atoms with Crippen LogP contribution in [0.25, 0.3) is 11.6 Å². The summed E-state index contributed by atoms with van der Waals surface area (Å²) in [5, 5.41) is 12.0. The minimum atomic E-state index is -0.619. The van der Waals surface area contributed by atoms with Gasteiger partial charge in [-0.05, 0) is 47.0 Å². The summed E-state index contributed by atoms with van der Waals surface area (Å²) in [5.74, 6) is -0.0615. The molecule has 182 valence electrons. The molecule has 0 radical (unpaired) electrons. The van der Waals surface area contributed by atoms with Crippen molar-refractivity contribution in [3.05, 3.63) is 32.8 Å². The van der Waals surface area contributed by atoms with Crippen LogP contribution in [0.4, 0.5) is 5.00 Å². The lowest BCUT2D eigenvalue weighted by molar-refractivity contribution is -0.113. The first-order chi connectivity index (χ1) is 16.2. The smallest absolute Gasteiger partial charge is 0.341 e. The van der Waals surface area contributed by atoms with Crippen LogP contribution in [0.1, 0.15) is 38.9 Å². The first kappa shape index (κ1) is 26.0. The number of amides is 2. The molecule has 0 aromatic carbocycles. The van der Waals surface area contributed by atoms with E-state index in [2.05, 4.69) is 31.4 Å². The van der Waals surface area contributed by atoms with E-state index in [1.165, 1.54) is 23.8 Å². The summed E-state index contributed by atoms with van der Waals surface area (Å²) in [6.45, 7) is 4.34. The molecule has 34 heavy (non-hydrogen) atoms. The van der Waals surface area contributed by atoms with E-state index >= 15 is 0 Å². The van der Waals surface area contributed by atoms with Gasteiger partial charge >= 0.3 is 5.97 Å². The van der Waals surface area contributed by atoms with Crippen molar-refractivity contribution in [2.45, 2.75) is 32.0 Å². The average molecular weight is 570 g/mol. The second-order valence-electron chi connectivity index (χ2n) is 7.35. The third-order valence-corrected chi connectivity index (χ3v) is 7.27. The number of furan rings is 1. The van der Waals surface area contributed by atoms with Gasteiger partial charge in [-0.25, -0.2) is 4.79 Å². The highest BCUT2D eigenvalue weighted by atomic mass is 79.9. The standard InChI is InChI=1S/C21H24BrN5O5S2/c1-6-9-27-17(12-7-8-13(22)32-12)24-25-21(27)33-10-14(28)23-18-15(20(30)31-5)11(2)16(34-18)19(29)26(3)4/h7-8H,6,9-10H2,1-5H3,(H,23,28). The number of carbonyl (C=O) groups is 3. The fourth-order valence-corrected chi connectivity index (χ4v) is 5.39. The van der Waals surface area contributed by atoms with Gasteiger partial charge in [-0.2, -0.15) is 0 Å². The van der Waals surface area contributed by atoms with E-state index in [9.17, 15) is 14.4 Å². The molecule has 3 aromatic rings. The van der Waals surface area contributed by atoms with Gasteiger partial charge in [-0.1, -0.05) is 18.7 Å². The molecule has 0 saturated carbocycles. The Hall–Kier alpha value is -2.64. The van der Waals surface area contributed by atoms with Crippen molar-refractivity contribution in [1.29, 1.82) is 0 Å². The number of carbonyl (C=O) groups excluding carboxylic acids is 3. The lowest BCUT2D eigenvalue weighted by Crippen LogP contribution is -2.21. The third kappa shape index (κ3) is 5.53. The number of thioether (sulfide) groups is 1. The lowest BCUT2D eigenvalue weighted by Gasteiger charge is -2.08. The summed E-state index contributed by atoms with van der Waals surface area (Å²) in [6, 6.07) is 3.57. The molecule has 10 nitrogen and oxygen atoms in total. The number of ether oxygens (including phenoxy) is 1. The molecule has 2 amide bonds. The van der Waals surface area contributed by atoms with Crippen molar-refractivity contribution in [3.8, 4) is 11.6 Å². The normalized spacial score (nSPS) is 10.9. The number of rotatable bonds is 9. The van der Waals surface area contributed by atoms with Crippen LogP contribution in [-0.2, 0) is 16.1 Å². The highest BCUT2D eigenvalue weighted by molar-refractivity contribution is 9.10. The number of nitrogens with one attached hydrogen (secondary N) is 1. The van der Waals surface area contributed by atoms with E-state index in [0.29, 0.717) is 38.4 Å². The molecule has 0 atom stereocenters. The van der Waals surface area contributed by atoms with E-state index in [-0.39, 0.29) is 28.1 Å². The van der Waals surface area contributed by atoms with Crippen LogP contribution in [0.15, 0.2) is 26.4 Å². The first-order valence-corrected chi connectivity index (χ1v) is 12.8. The van der Waals surface area contributed by atoms with E-state index in [0.717, 1.165) is 17.8 Å². The van der Waals surface area contributed by atoms with Gasteiger partial charge in [-0.15, -0.1) is 21.5 Å². The minimum Gasteiger partial charge on any atom is -0.465 e. The molecule has 0 saturated heterocycles. The zero-order valence-electron chi connectivity index (χ0n) is 19.3. The van der Waals surface area contributed by atoms with Gasteiger partial charge in [0.05, 0.1) is 23.3 Å². The Morgan fingerprint density at radius 2 is 2.03 bits per heavy atom. The lowest BCUT2D eigenvalue weighted by atomic mass is 10.1. The molecule has 1 N–H and O–H groups in total. The van der Waals surface area contributed by atoms with Gasteiger partial charge < -0.3 is 19.4 Å². The number of esters is 1. The summed E-state index contributed by atoms with van der Waals surface area (Å²) in [5.41, 5.74) is 0.645. The van der Waals surface area contributed by atoms with E-state index < -0.39 is 5.97 Å². The second-order valence-corrected chi connectivity index (χ2v) is 10.1. The Kier molecular flexibility index (Phi) is 8.55. The van der Waals surface area contributed by atoms with Crippen LogP contribution in [0, 0.1) is 6.92 Å². The maximum atomic E-state index is 12.8. The Morgan fingerprint density at radius 1 is 1.29 bits per heavy atom. The topological polar surface area (TPSA) is 120 Å². The number of halogens is 1. The molecule has 0 fully saturated rings. The quantitative estimate of drug-likeness (QED) is 0.299. The van der Waals surface area contributed by atoms with Crippen molar-refractivity contribution in [2.75, 3.05) is 32.3 Å². The molecular weight excluding hydrogens is 546 g/mol. The predicted octanol–water partition coefficient (Wildman–Crippen LogP) is 4.30. The van der Waals surface area contributed by atoms with Gasteiger partial charge in [0.1, 0.15) is 5.00 Å². The number of methoxy groups -OCH3 is 1. The minimum absolute atomic E-state index is 0.0260. The fourth-order valence-electron chi connectivity index (χ4n) is 3.09. The summed E-state index contributed by atoms with van der Waals surface area (Å²) < 4.78 is 12.9. The number of thiophene rings is 1. The summed E-state index contributed by atoms with van der Waals surface area (Å²) >= 11 is 5.55.